The van der Waals surface area contributed by atoms with Gasteiger partial charge in [0.05, 0.1) is 6.04 Å². The molecule has 0 aromatic heterocycles. The van der Waals surface area contributed by atoms with E-state index in [1.165, 1.54) is 6.92 Å². The van der Waals surface area contributed by atoms with E-state index in [1.807, 2.05) is 13.8 Å². The first-order valence-corrected chi connectivity index (χ1v) is 10.7. The van der Waals surface area contributed by atoms with Crippen LogP contribution in [-0.4, -0.2) is 65.5 Å². The summed E-state index contributed by atoms with van der Waals surface area (Å²) in [4.78, 5) is 53.0. The summed E-state index contributed by atoms with van der Waals surface area (Å²) in [6.07, 6.45) is 0.734. The van der Waals surface area contributed by atoms with Crippen molar-refractivity contribution < 1.29 is 24.3 Å². The van der Waals surface area contributed by atoms with Crippen LogP contribution in [0.3, 0.4) is 0 Å². The lowest BCUT2D eigenvalue weighted by molar-refractivity contribution is -0.142. The number of nitrogens with one attached hydrogen (secondary N) is 3. The van der Waals surface area contributed by atoms with Gasteiger partial charge >= 0.3 is 5.97 Å². The predicted molar refractivity (Wildman–Crippen MR) is 121 cm³/mol. The van der Waals surface area contributed by atoms with Crippen LogP contribution >= 0.6 is 0 Å². The van der Waals surface area contributed by atoms with Crippen LogP contribution in [0.1, 0.15) is 53.9 Å². The van der Waals surface area contributed by atoms with Crippen molar-refractivity contribution in [2.45, 2.75) is 78.0 Å². The van der Waals surface area contributed by atoms with E-state index >= 15 is 0 Å². The molecule has 4 atom stereocenters. The van der Waals surface area contributed by atoms with Gasteiger partial charge in [-0.25, -0.2) is 4.79 Å². The second-order valence-electron chi connectivity index (χ2n) is 8.56. The van der Waals surface area contributed by atoms with Crippen LogP contribution in [0.5, 0.6) is 0 Å². The molecule has 0 saturated heterocycles. The second-order valence-corrected chi connectivity index (χ2v) is 8.56. The van der Waals surface area contributed by atoms with E-state index in [0.29, 0.717) is 6.42 Å². The SMILES string of the molecule is CC(C)CC(NC(=O)C(NC(=O)C(C)N)C(C)C)C(=O)NC(CCCN=C(N)N)C(=O)O. The van der Waals surface area contributed by atoms with Crippen molar-refractivity contribution in [2.75, 3.05) is 6.54 Å². The quantitative estimate of drug-likeness (QED) is 0.0935. The van der Waals surface area contributed by atoms with Gasteiger partial charge in [0.15, 0.2) is 5.96 Å². The Kier molecular flexibility index (Phi) is 12.9. The lowest BCUT2D eigenvalue weighted by Gasteiger charge is -2.27. The van der Waals surface area contributed by atoms with Gasteiger partial charge in [-0.2, -0.15) is 0 Å². The molecule has 4 unspecified atom stereocenters. The molecule has 0 spiro atoms. The normalized spacial score (nSPS) is 14.8. The Balaban J connectivity index is 5.32. The summed E-state index contributed by atoms with van der Waals surface area (Å²) >= 11 is 0. The van der Waals surface area contributed by atoms with Crippen LogP contribution in [0.15, 0.2) is 4.99 Å². The average Bonchev–Trinajstić information content (AvgIpc) is 2.66. The Bertz CT molecular complexity index is 675. The standard InChI is InChI=1S/C20H39N7O5/c1-10(2)9-14(26-18(30)15(11(3)4)27-16(28)12(5)21)17(29)25-13(19(31)32)7-6-8-24-20(22)23/h10-15H,6-9,21H2,1-5H3,(H,25,29)(H,26,30)(H,27,28)(H,31,32)(H4,22,23,24). The summed E-state index contributed by atoms with van der Waals surface area (Å²) in [6, 6.07) is -3.84. The molecule has 0 aliphatic rings. The molecule has 12 nitrogen and oxygen atoms in total. The van der Waals surface area contributed by atoms with Crippen LogP contribution in [-0.2, 0) is 19.2 Å². The maximum absolute atomic E-state index is 12.8. The fraction of sp³-hybridized carbons (Fsp3) is 0.750. The van der Waals surface area contributed by atoms with Crippen molar-refractivity contribution in [3.8, 4) is 0 Å². The summed E-state index contributed by atoms with van der Waals surface area (Å²) in [7, 11) is 0. The Morgan fingerprint density at radius 2 is 1.44 bits per heavy atom. The number of aliphatic imine (C=N–C) groups is 1. The lowest BCUT2D eigenvalue weighted by Crippen LogP contribution is -2.58. The number of carbonyl (C=O) groups is 4. The Hall–Kier alpha value is -2.89. The van der Waals surface area contributed by atoms with Crippen LogP contribution in [0.2, 0.25) is 0 Å². The molecule has 12 heteroatoms. The molecule has 0 aliphatic heterocycles. The number of nitrogens with zero attached hydrogens (tertiary/aromatic N) is 1. The molecule has 3 amide bonds. The summed E-state index contributed by atoms with van der Waals surface area (Å²) in [5.74, 6) is -3.19. The zero-order valence-corrected chi connectivity index (χ0v) is 19.6. The van der Waals surface area contributed by atoms with Gasteiger partial charge in [0.2, 0.25) is 17.7 Å². The maximum Gasteiger partial charge on any atom is 0.326 e. The highest BCUT2D eigenvalue weighted by atomic mass is 16.4. The number of carboxylic acids is 1. The third-order valence-electron chi connectivity index (χ3n) is 4.56. The van der Waals surface area contributed by atoms with Gasteiger partial charge in [-0.05, 0) is 38.0 Å². The number of rotatable bonds is 14. The molecular formula is C20H39N7O5. The van der Waals surface area contributed by atoms with Crippen molar-refractivity contribution >= 4 is 29.7 Å². The van der Waals surface area contributed by atoms with Crippen molar-refractivity contribution in [1.29, 1.82) is 0 Å². The molecular weight excluding hydrogens is 418 g/mol. The topological polar surface area (TPSA) is 215 Å². The van der Waals surface area contributed by atoms with Crippen LogP contribution < -0.4 is 33.2 Å². The minimum atomic E-state index is -1.21. The number of guanidine groups is 1. The number of hydrogen-bond donors (Lipinski definition) is 7. The number of nitrogens with two attached hydrogens (primary N) is 3. The zero-order valence-electron chi connectivity index (χ0n) is 19.6. The average molecular weight is 458 g/mol. The summed E-state index contributed by atoms with van der Waals surface area (Å²) < 4.78 is 0. The maximum atomic E-state index is 12.8. The molecule has 0 radical (unpaired) electrons. The Morgan fingerprint density at radius 1 is 0.875 bits per heavy atom. The van der Waals surface area contributed by atoms with E-state index < -0.39 is 47.9 Å². The number of amides is 3. The third kappa shape index (κ3) is 11.5. The van der Waals surface area contributed by atoms with Gasteiger partial charge in [0.25, 0.3) is 0 Å². The van der Waals surface area contributed by atoms with Crippen LogP contribution in [0, 0.1) is 11.8 Å². The van der Waals surface area contributed by atoms with E-state index in [1.54, 1.807) is 13.8 Å². The first-order valence-electron chi connectivity index (χ1n) is 10.7. The number of carboxylic acid groups (broad SMARTS) is 1. The molecule has 0 fully saturated rings. The molecule has 0 heterocycles. The predicted octanol–water partition coefficient (Wildman–Crippen LogP) is -1.37. The largest absolute Gasteiger partial charge is 0.480 e. The molecule has 0 rings (SSSR count). The molecule has 0 aromatic rings. The van der Waals surface area contributed by atoms with E-state index in [9.17, 15) is 24.3 Å². The first kappa shape index (κ1) is 29.1. The fourth-order valence-corrected chi connectivity index (χ4v) is 2.82. The summed E-state index contributed by atoms with van der Waals surface area (Å²) in [6.45, 7) is 8.96. The van der Waals surface area contributed by atoms with Crippen molar-refractivity contribution in [1.82, 2.24) is 16.0 Å². The van der Waals surface area contributed by atoms with E-state index in [-0.39, 0.29) is 37.2 Å². The lowest BCUT2D eigenvalue weighted by atomic mass is 9.99. The first-order chi connectivity index (χ1) is 14.8. The van der Waals surface area contributed by atoms with E-state index in [0.717, 1.165) is 0 Å². The van der Waals surface area contributed by atoms with E-state index in [2.05, 4.69) is 20.9 Å². The smallest absolute Gasteiger partial charge is 0.326 e. The third-order valence-corrected chi connectivity index (χ3v) is 4.56. The van der Waals surface area contributed by atoms with Crippen molar-refractivity contribution in [3.05, 3.63) is 0 Å². The minimum absolute atomic E-state index is 0.0346. The monoisotopic (exact) mass is 457 g/mol. The molecule has 0 saturated carbocycles. The van der Waals surface area contributed by atoms with Gasteiger partial charge in [-0.15, -0.1) is 0 Å². The second kappa shape index (κ2) is 14.2. The van der Waals surface area contributed by atoms with Gasteiger partial charge in [0, 0.05) is 6.54 Å². The minimum Gasteiger partial charge on any atom is -0.480 e. The van der Waals surface area contributed by atoms with Gasteiger partial charge in [-0.3, -0.25) is 19.4 Å². The summed E-state index contributed by atoms with van der Waals surface area (Å²) in [5, 5.41) is 17.1. The zero-order chi connectivity index (χ0) is 25.0. The highest BCUT2D eigenvalue weighted by Gasteiger charge is 2.31. The fourth-order valence-electron chi connectivity index (χ4n) is 2.82. The van der Waals surface area contributed by atoms with Gasteiger partial charge in [-0.1, -0.05) is 27.7 Å². The van der Waals surface area contributed by atoms with Crippen LogP contribution in [0.4, 0.5) is 0 Å². The molecule has 0 bridgehead atoms. The van der Waals surface area contributed by atoms with E-state index in [4.69, 9.17) is 17.2 Å². The highest BCUT2D eigenvalue weighted by molar-refractivity contribution is 5.94. The van der Waals surface area contributed by atoms with Crippen molar-refractivity contribution in [2.24, 2.45) is 34.0 Å². The molecule has 184 valence electrons. The summed E-state index contributed by atoms with van der Waals surface area (Å²) in [5.41, 5.74) is 16.0. The number of hydrogen-bond acceptors (Lipinski definition) is 6. The molecule has 10 N–H and O–H groups in total. The van der Waals surface area contributed by atoms with Crippen LogP contribution in [0.25, 0.3) is 0 Å². The Labute approximate surface area is 189 Å². The molecule has 0 aromatic carbocycles. The molecule has 0 aliphatic carbocycles. The highest BCUT2D eigenvalue weighted by Crippen LogP contribution is 2.09. The Morgan fingerprint density at radius 3 is 1.88 bits per heavy atom. The number of carbonyl (C=O) groups excluding carboxylic acids is 3. The molecule has 32 heavy (non-hydrogen) atoms. The van der Waals surface area contributed by atoms with Gasteiger partial charge in [0.1, 0.15) is 18.1 Å². The van der Waals surface area contributed by atoms with Gasteiger partial charge < -0.3 is 38.3 Å². The number of aliphatic carboxylic acids is 1. The van der Waals surface area contributed by atoms with Crippen molar-refractivity contribution in [3.63, 3.8) is 0 Å².